The van der Waals surface area contributed by atoms with Crippen molar-refractivity contribution in [3.05, 3.63) is 99.5 Å². The van der Waals surface area contributed by atoms with E-state index in [0.717, 1.165) is 29.3 Å². The summed E-state index contributed by atoms with van der Waals surface area (Å²) in [4.78, 5) is 13.0. The van der Waals surface area contributed by atoms with Crippen molar-refractivity contribution in [3.63, 3.8) is 0 Å². The van der Waals surface area contributed by atoms with E-state index in [0.29, 0.717) is 16.6 Å². The maximum atomic E-state index is 13.5. The van der Waals surface area contributed by atoms with E-state index in [1.165, 1.54) is 0 Å². The Morgan fingerprint density at radius 2 is 1.39 bits per heavy atom. The highest BCUT2D eigenvalue weighted by molar-refractivity contribution is 6.30. The predicted molar refractivity (Wildman–Crippen MR) is 128 cm³/mol. The summed E-state index contributed by atoms with van der Waals surface area (Å²) in [7, 11) is 0. The van der Waals surface area contributed by atoms with E-state index in [9.17, 15) is 13.6 Å². The molecule has 3 rings (SSSR count). The van der Waals surface area contributed by atoms with Gasteiger partial charge in [0.05, 0.1) is 0 Å². The minimum absolute atomic E-state index is 0.0464. The van der Waals surface area contributed by atoms with Crippen LogP contribution in [0.1, 0.15) is 43.7 Å². The predicted octanol–water partition coefficient (Wildman–Crippen LogP) is 7.13. The van der Waals surface area contributed by atoms with Crippen LogP contribution in [0.15, 0.2) is 66.7 Å². The van der Waals surface area contributed by atoms with E-state index in [-0.39, 0.29) is 17.6 Å². The van der Waals surface area contributed by atoms with Crippen molar-refractivity contribution >= 4 is 29.1 Å². The molecule has 0 radical (unpaired) electrons. The summed E-state index contributed by atoms with van der Waals surface area (Å²) in [6.07, 6.45) is 0. The first-order valence-electron chi connectivity index (χ1n) is 10.5. The van der Waals surface area contributed by atoms with Crippen molar-refractivity contribution in [2.75, 3.05) is 6.54 Å². The first kappa shape index (κ1) is 25.0. The van der Waals surface area contributed by atoms with Crippen molar-refractivity contribution in [1.82, 2.24) is 5.32 Å². The molecule has 2 atom stereocenters. The molecule has 0 aromatic heterocycles. The summed E-state index contributed by atoms with van der Waals surface area (Å²) in [5.41, 5.74) is 0.723. The van der Waals surface area contributed by atoms with Crippen LogP contribution in [0.25, 0.3) is 0 Å². The van der Waals surface area contributed by atoms with Crippen LogP contribution in [0.3, 0.4) is 0 Å². The van der Waals surface area contributed by atoms with Gasteiger partial charge in [-0.15, -0.1) is 0 Å². The van der Waals surface area contributed by atoms with Crippen LogP contribution in [-0.2, 0) is 4.79 Å². The zero-order valence-corrected chi connectivity index (χ0v) is 20.1. The third-order valence-corrected chi connectivity index (χ3v) is 6.04. The Hall–Kier alpha value is -2.63. The second-order valence-corrected chi connectivity index (χ2v) is 9.30. The van der Waals surface area contributed by atoms with Crippen molar-refractivity contribution in [2.45, 2.75) is 38.2 Å². The lowest BCUT2D eigenvalue weighted by Gasteiger charge is -2.29. The van der Waals surface area contributed by atoms with Gasteiger partial charge in [-0.25, -0.2) is 8.78 Å². The first-order chi connectivity index (χ1) is 15.5. The Bertz CT molecular complexity index is 1080. The highest BCUT2D eigenvalue weighted by atomic mass is 35.5. The fourth-order valence-electron chi connectivity index (χ4n) is 3.64. The van der Waals surface area contributed by atoms with Gasteiger partial charge in [-0.1, -0.05) is 54.4 Å². The number of amides is 1. The number of benzene rings is 3. The van der Waals surface area contributed by atoms with E-state index in [1.807, 2.05) is 48.5 Å². The molecule has 0 aliphatic heterocycles. The first-order valence-corrected chi connectivity index (χ1v) is 11.2. The molecule has 7 heteroatoms. The van der Waals surface area contributed by atoms with Gasteiger partial charge in [0.15, 0.2) is 5.60 Å². The smallest absolute Gasteiger partial charge is 0.263 e. The van der Waals surface area contributed by atoms with Crippen LogP contribution in [0, 0.1) is 11.6 Å². The summed E-state index contributed by atoms with van der Waals surface area (Å²) >= 11 is 12.1. The summed E-state index contributed by atoms with van der Waals surface area (Å²) in [5.74, 6) is -2.05. The molecule has 0 aliphatic rings. The summed E-state index contributed by atoms with van der Waals surface area (Å²) < 4.78 is 32.6. The molecular weight excluding hydrogens is 467 g/mol. The number of hydrogen-bond acceptors (Lipinski definition) is 2. The molecule has 1 N–H and O–H groups in total. The Morgan fingerprint density at radius 1 is 0.909 bits per heavy atom. The molecule has 0 saturated heterocycles. The van der Waals surface area contributed by atoms with Crippen molar-refractivity contribution < 1.29 is 18.3 Å². The fourth-order valence-corrected chi connectivity index (χ4v) is 3.89. The lowest BCUT2D eigenvalue weighted by Crippen LogP contribution is -2.47. The normalized spacial score (nSPS) is 13.3. The largest absolute Gasteiger partial charge is 0.478 e. The monoisotopic (exact) mass is 491 g/mol. The van der Waals surface area contributed by atoms with Gasteiger partial charge in [0.2, 0.25) is 0 Å². The standard InChI is InChI=1S/C26H25Cl2F2NO2/c1-16(17-4-8-19(27)9-5-17)24(18-6-10-20(28)11-7-18)15-31-25(32)26(2,3)33-23-13-21(29)12-22(30)14-23/h4-14,16,24H,15H2,1-3H3,(H,31,32). The fraction of sp³-hybridized carbons (Fsp3) is 0.269. The van der Waals surface area contributed by atoms with Gasteiger partial charge in [-0.05, 0) is 55.2 Å². The molecule has 3 aromatic rings. The van der Waals surface area contributed by atoms with Crippen LogP contribution in [0.2, 0.25) is 10.0 Å². The lowest BCUT2D eigenvalue weighted by molar-refractivity contribution is -0.134. The second kappa shape index (κ2) is 10.5. The summed E-state index contributed by atoms with van der Waals surface area (Å²) in [6.45, 7) is 5.48. The van der Waals surface area contributed by atoms with Crippen molar-refractivity contribution in [3.8, 4) is 5.75 Å². The number of hydrogen-bond donors (Lipinski definition) is 1. The highest BCUT2D eigenvalue weighted by Gasteiger charge is 2.32. The number of nitrogens with one attached hydrogen (secondary N) is 1. The number of carbonyl (C=O) groups is 1. The van der Waals surface area contributed by atoms with Crippen molar-refractivity contribution in [2.24, 2.45) is 0 Å². The topological polar surface area (TPSA) is 38.3 Å². The zero-order chi connectivity index (χ0) is 24.2. The number of halogens is 4. The van der Waals surface area contributed by atoms with Crippen LogP contribution in [0.5, 0.6) is 5.75 Å². The van der Waals surface area contributed by atoms with E-state index >= 15 is 0 Å². The number of rotatable bonds is 8. The maximum Gasteiger partial charge on any atom is 0.263 e. The Labute approximate surface area is 202 Å². The van der Waals surface area contributed by atoms with Crippen LogP contribution in [0.4, 0.5) is 8.78 Å². The minimum atomic E-state index is -1.35. The quantitative estimate of drug-likeness (QED) is 0.363. The summed E-state index contributed by atoms with van der Waals surface area (Å²) in [6, 6.07) is 17.9. The van der Waals surface area contributed by atoms with Gasteiger partial charge in [-0.3, -0.25) is 4.79 Å². The van der Waals surface area contributed by atoms with Crippen LogP contribution >= 0.6 is 23.2 Å². The Kier molecular flexibility index (Phi) is 7.98. The van der Waals surface area contributed by atoms with Crippen LogP contribution < -0.4 is 10.1 Å². The van der Waals surface area contributed by atoms with Crippen LogP contribution in [-0.4, -0.2) is 18.1 Å². The van der Waals surface area contributed by atoms with Gasteiger partial charge in [0, 0.05) is 40.7 Å². The van der Waals surface area contributed by atoms with E-state index in [1.54, 1.807) is 13.8 Å². The molecule has 1 amide bonds. The maximum absolute atomic E-state index is 13.5. The molecule has 2 unspecified atom stereocenters. The average molecular weight is 492 g/mol. The number of ether oxygens (including phenoxy) is 1. The van der Waals surface area contributed by atoms with E-state index in [4.69, 9.17) is 27.9 Å². The van der Waals surface area contributed by atoms with Gasteiger partial charge >= 0.3 is 0 Å². The van der Waals surface area contributed by atoms with E-state index in [2.05, 4.69) is 12.2 Å². The molecule has 0 fully saturated rings. The Morgan fingerprint density at radius 3 is 1.91 bits per heavy atom. The van der Waals surface area contributed by atoms with Gasteiger partial charge in [0.1, 0.15) is 17.4 Å². The minimum Gasteiger partial charge on any atom is -0.478 e. The third-order valence-electron chi connectivity index (χ3n) is 5.54. The van der Waals surface area contributed by atoms with Gasteiger partial charge in [-0.2, -0.15) is 0 Å². The molecule has 0 heterocycles. The van der Waals surface area contributed by atoms with E-state index < -0.39 is 23.1 Å². The zero-order valence-electron chi connectivity index (χ0n) is 18.5. The van der Waals surface area contributed by atoms with Crippen molar-refractivity contribution in [1.29, 1.82) is 0 Å². The Balaban J connectivity index is 1.78. The second-order valence-electron chi connectivity index (χ2n) is 8.43. The molecule has 0 saturated carbocycles. The number of carbonyl (C=O) groups excluding carboxylic acids is 1. The SMILES string of the molecule is CC(c1ccc(Cl)cc1)C(CNC(=O)C(C)(C)Oc1cc(F)cc(F)c1)c1ccc(Cl)cc1. The highest BCUT2D eigenvalue weighted by Crippen LogP contribution is 2.33. The summed E-state index contributed by atoms with van der Waals surface area (Å²) in [5, 5.41) is 4.21. The van der Waals surface area contributed by atoms with Gasteiger partial charge in [0.25, 0.3) is 5.91 Å². The lowest BCUT2D eigenvalue weighted by atomic mass is 9.82. The van der Waals surface area contributed by atoms with Gasteiger partial charge < -0.3 is 10.1 Å². The molecule has 3 aromatic carbocycles. The average Bonchev–Trinajstić information content (AvgIpc) is 2.74. The molecular formula is C26H25Cl2F2NO2. The molecule has 174 valence electrons. The molecule has 0 spiro atoms. The molecule has 0 bridgehead atoms. The third kappa shape index (κ3) is 6.68. The molecule has 0 aliphatic carbocycles. The molecule has 3 nitrogen and oxygen atoms in total. The molecule has 33 heavy (non-hydrogen) atoms.